The fraction of sp³-hybridized carbons (Fsp3) is 0.350. The van der Waals surface area contributed by atoms with Crippen LogP contribution >= 0.6 is 22.6 Å². The Morgan fingerprint density at radius 3 is 2.33 bits per heavy atom. The van der Waals surface area contributed by atoms with Gasteiger partial charge in [0.1, 0.15) is 0 Å². The molecule has 1 saturated heterocycles. The van der Waals surface area contributed by atoms with Crippen LogP contribution in [0, 0.1) is 3.57 Å². The molecule has 1 amide bonds. The highest BCUT2D eigenvalue weighted by atomic mass is 127. The van der Waals surface area contributed by atoms with E-state index < -0.39 is 10.0 Å². The van der Waals surface area contributed by atoms with Crippen LogP contribution in [0.1, 0.15) is 35.2 Å². The maximum atomic E-state index is 13.0. The van der Waals surface area contributed by atoms with E-state index in [9.17, 15) is 13.2 Å². The molecule has 0 radical (unpaired) electrons. The number of hydrogen-bond acceptors (Lipinski definition) is 3. The van der Waals surface area contributed by atoms with E-state index in [1.807, 2.05) is 24.3 Å². The Kier molecular flexibility index (Phi) is 5.26. The molecule has 0 atom stereocenters. The molecule has 2 aliphatic heterocycles. The zero-order valence-corrected chi connectivity index (χ0v) is 17.9. The summed E-state index contributed by atoms with van der Waals surface area (Å²) in [5.41, 5.74) is 2.41. The van der Waals surface area contributed by atoms with Crippen LogP contribution in [-0.4, -0.2) is 38.3 Å². The number of rotatable bonds is 3. The first-order chi connectivity index (χ1) is 13.0. The lowest BCUT2D eigenvalue weighted by Gasteiger charge is -2.30. The largest absolute Gasteiger partial charge is 0.308 e. The van der Waals surface area contributed by atoms with E-state index in [0.29, 0.717) is 30.1 Å². The van der Waals surface area contributed by atoms with E-state index in [0.717, 1.165) is 40.5 Å². The molecule has 2 aromatic rings. The van der Waals surface area contributed by atoms with Crippen molar-refractivity contribution in [3.63, 3.8) is 0 Å². The Bertz CT molecular complexity index is 967. The lowest BCUT2D eigenvalue weighted by atomic mass is 10.0. The molecule has 27 heavy (non-hydrogen) atoms. The van der Waals surface area contributed by atoms with Gasteiger partial charge in [-0.15, -0.1) is 0 Å². The molecular weight excluding hydrogens is 475 g/mol. The van der Waals surface area contributed by atoms with Gasteiger partial charge in [-0.25, -0.2) is 8.42 Å². The molecule has 2 heterocycles. The average molecular weight is 496 g/mol. The van der Waals surface area contributed by atoms with Crippen molar-refractivity contribution < 1.29 is 13.2 Å². The molecule has 0 unspecified atom stereocenters. The van der Waals surface area contributed by atoms with Gasteiger partial charge in [0.15, 0.2) is 0 Å². The minimum absolute atomic E-state index is 0.0394. The molecule has 142 valence electrons. The molecule has 0 aromatic heterocycles. The minimum Gasteiger partial charge on any atom is -0.308 e. The minimum atomic E-state index is -3.44. The van der Waals surface area contributed by atoms with E-state index >= 15 is 0 Å². The highest BCUT2D eigenvalue weighted by molar-refractivity contribution is 14.1. The summed E-state index contributed by atoms with van der Waals surface area (Å²) < 4.78 is 28.3. The number of benzene rings is 2. The van der Waals surface area contributed by atoms with Gasteiger partial charge in [-0.05, 0) is 96.3 Å². The Morgan fingerprint density at radius 2 is 1.63 bits per heavy atom. The number of sulfonamides is 1. The maximum absolute atomic E-state index is 13.0. The molecular formula is C20H21IN2O3S. The number of hydrogen-bond donors (Lipinski definition) is 0. The van der Waals surface area contributed by atoms with E-state index in [4.69, 9.17) is 0 Å². The van der Waals surface area contributed by atoms with Crippen molar-refractivity contribution in [2.75, 3.05) is 24.5 Å². The third kappa shape index (κ3) is 3.64. The van der Waals surface area contributed by atoms with Crippen molar-refractivity contribution in [2.24, 2.45) is 0 Å². The Labute approximate surface area is 173 Å². The standard InChI is InChI=1S/C20H21IN2O3S/c21-17-7-5-15(6-8-17)20(24)23-13-3-4-16-14-18(9-10-19(16)23)27(25,26)22-11-1-2-12-22/h5-10,14H,1-4,11-13H2. The van der Waals surface area contributed by atoms with Gasteiger partial charge in [-0.1, -0.05) is 0 Å². The predicted molar refractivity (Wildman–Crippen MR) is 114 cm³/mol. The number of aryl methyl sites for hydroxylation is 1. The molecule has 0 aliphatic carbocycles. The number of halogens is 1. The fourth-order valence-electron chi connectivity index (χ4n) is 3.77. The Balaban J connectivity index is 1.66. The Hall–Kier alpha value is -1.45. The summed E-state index contributed by atoms with van der Waals surface area (Å²) in [7, 11) is -3.44. The molecule has 2 aromatic carbocycles. The number of fused-ring (bicyclic) bond motifs is 1. The van der Waals surface area contributed by atoms with Gasteiger partial charge in [0, 0.05) is 34.5 Å². The third-order valence-electron chi connectivity index (χ3n) is 5.21. The molecule has 0 spiro atoms. The number of anilines is 1. The lowest BCUT2D eigenvalue weighted by Crippen LogP contribution is -2.35. The monoisotopic (exact) mass is 496 g/mol. The summed E-state index contributed by atoms with van der Waals surface area (Å²) in [6.07, 6.45) is 3.45. The smallest absolute Gasteiger partial charge is 0.258 e. The highest BCUT2D eigenvalue weighted by Crippen LogP contribution is 2.32. The average Bonchev–Trinajstić information content (AvgIpc) is 3.23. The van der Waals surface area contributed by atoms with E-state index in [1.54, 1.807) is 27.4 Å². The van der Waals surface area contributed by atoms with Crippen LogP contribution < -0.4 is 4.90 Å². The second kappa shape index (κ2) is 7.52. The normalized spacial score (nSPS) is 17.7. The zero-order valence-electron chi connectivity index (χ0n) is 14.9. The molecule has 2 aliphatic rings. The molecule has 1 fully saturated rings. The first-order valence-corrected chi connectivity index (χ1v) is 11.7. The van der Waals surface area contributed by atoms with Crippen molar-refractivity contribution >= 4 is 44.2 Å². The van der Waals surface area contributed by atoms with Gasteiger partial charge in [0.2, 0.25) is 10.0 Å². The van der Waals surface area contributed by atoms with Crippen molar-refractivity contribution in [3.05, 3.63) is 57.2 Å². The summed E-state index contributed by atoms with van der Waals surface area (Å²) in [6, 6.07) is 12.7. The number of carbonyl (C=O) groups is 1. The first-order valence-electron chi connectivity index (χ1n) is 9.17. The molecule has 0 saturated carbocycles. The van der Waals surface area contributed by atoms with E-state index in [1.165, 1.54) is 0 Å². The summed E-state index contributed by atoms with van der Waals surface area (Å²) in [5, 5.41) is 0. The first kappa shape index (κ1) is 18.9. The number of amides is 1. The van der Waals surface area contributed by atoms with Crippen LogP contribution in [-0.2, 0) is 16.4 Å². The SMILES string of the molecule is O=C(c1ccc(I)cc1)N1CCCc2cc(S(=O)(=O)N3CCCC3)ccc21. The van der Waals surface area contributed by atoms with Gasteiger partial charge in [0.25, 0.3) is 5.91 Å². The van der Waals surface area contributed by atoms with Gasteiger partial charge >= 0.3 is 0 Å². The van der Waals surface area contributed by atoms with Crippen LogP contribution in [0.4, 0.5) is 5.69 Å². The lowest BCUT2D eigenvalue weighted by molar-refractivity contribution is 0.0985. The van der Waals surface area contributed by atoms with Crippen molar-refractivity contribution in [1.29, 1.82) is 0 Å². The second-order valence-electron chi connectivity index (χ2n) is 6.97. The van der Waals surface area contributed by atoms with Crippen molar-refractivity contribution in [3.8, 4) is 0 Å². The summed E-state index contributed by atoms with van der Waals surface area (Å²) >= 11 is 2.22. The van der Waals surface area contributed by atoms with Crippen molar-refractivity contribution in [2.45, 2.75) is 30.6 Å². The second-order valence-corrected chi connectivity index (χ2v) is 10.2. The predicted octanol–water partition coefficient (Wildman–Crippen LogP) is 3.67. The number of carbonyl (C=O) groups excluding carboxylic acids is 1. The van der Waals surface area contributed by atoms with Crippen LogP contribution in [0.25, 0.3) is 0 Å². The molecule has 0 bridgehead atoms. The quantitative estimate of drug-likeness (QED) is 0.610. The van der Waals surface area contributed by atoms with Gasteiger partial charge in [-0.2, -0.15) is 4.31 Å². The topological polar surface area (TPSA) is 57.7 Å². The maximum Gasteiger partial charge on any atom is 0.258 e. The van der Waals surface area contributed by atoms with Crippen LogP contribution in [0.2, 0.25) is 0 Å². The van der Waals surface area contributed by atoms with Crippen LogP contribution in [0.5, 0.6) is 0 Å². The summed E-state index contributed by atoms with van der Waals surface area (Å²) in [4.78, 5) is 15.1. The summed E-state index contributed by atoms with van der Waals surface area (Å²) in [5.74, 6) is -0.0394. The zero-order chi connectivity index (χ0) is 19.0. The highest BCUT2D eigenvalue weighted by Gasteiger charge is 2.30. The summed E-state index contributed by atoms with van der Waals surface area (Å²) in [6.45, 7) is 1.84. The van der Waals surface area contributed by atoms with Gasteiger partial charge < -0.3 is 4.90 Å². The molecule has 4 rings (SSSR count). The van der Waals surface area contributed by atoms with Crippen LogP contribution in [0.15, 0.2) is 47.4 Å². The molecule has 0 N–H and O–H groups in total. The molecule has 7 heteroatoms. The third-order valence-corrected chi connectivity index (χ3v) is 7.82. The number of nitrogens with zero attached hydrogens (tertiary/aromatic N) is 2. The van der Waals surface area contributed by atoms with Gasteiger partial charge in [0.05, 0.1) is 4.90 Å². The van der Waals surface area contributed by atoms with Crippen molar-refractivity contribution in [1.82, 2.24) is 4.31 Å². The van der Waals surface area contributed by atoms with E-state index in [-0.39, 0.29) is 5.91 Å². The molecule has 5 nitrogen and oxygen atoms in total. The fourth-order valence-corrected chi connectivity index (χ4v) is 5.70. The Morgan fingerprint density at radius 1 is 0.926 bits per heavy atom. The van der Waals surface area contributed by atoms with Crippen LogP contribution in [0.3, 0.4) is 0 Å². The van der Waals surface area contributed by atoms with E-state index in [2.05, 4.69) is 22.6 Å². The van der Waals surface area contributed by atoms with Gasteiger partial charge in [-0.3, -0.25) is 4.79 Å².